The fourth-order valence-corrected chi connectivity index (χ4v) is 3.50. The number of carboxylic acids is 1. The molecule has 0 aliphatic carbocycles. The van der Waals surface area contributed by atoms with Crippen LogP contribution in [-0.4, -0.2) is 39.6 Å². The van der Waals surface area contributed by atoms with E-state index < -0.39 is 5.97 Å². The molecule has 2 rings (SSSR count). The van der Waals surface area contributed by atoms with Gasteiger partial charge in [-0.3, -0.25) is 0 Å². The van der Waals surface area contributed by atoms with Gasteiger partial charge in [0.1, 0.15) is 5.82 Å². The molecule has 1 aliphatic heterocycles. The molecule has 6 heteroatoms. The Hall–Kier alpha value is -1.43. The number of carbonyl (C=O) groups is 1. The fraction of sp³-hybridized carbons (Fsp3) is 0.500. The van der Waals surface area contributed by atoms with Gasteiger partial charge in [0.15, 0.2) is 0 Å². The van der Waals surface area contributed by atoms with Gasteiger partial charge < -0.3 is 15.7 Å². The lowest BCUT2D eigenvalue weighted by molar-refractivity contribution is 0.0698. The lowest BCUT2D eigenvalue weighted by Crippen LogP contribution is -2.40. The molecule has 0 spiro atoms. The van der Waals surface area contributed by atoms with Crippen molar-refractivity contribution in [1.29, 1.82) is 0 Å². The zero-order valence-corrected chi connectivity index (χ0v) is 11.3. The maximum absolute atomic E-state index is 11.1. The van der Waals surface area contributed by atoms with E-state index in [4.69, 9.17) is 10.8 Å². The fourth-order valence-electron chi connectivity index (χ4n) is 2.18. The third kappa shape index (κ3) is 2.69. The molecular weight excluding hydrogens is 250 g/mol. The van der Waals surface area contributed by atoms with Gasteiger partial charge in [0.05, 0.1) is 17.4 Å². The number of nitrogens with zero attached hydrogens (tertiary/aromatic N) is 2. The first-order valence-corrected chi connectivity index (χ1v) is 6.81. The van der Waals surface area contributed by atoms with E-state index in [1.807, 2.05) is 11.8 Å². The Bertz CT molecular complexity index is 457. The standard InChI is InChI=1S/C12H17N3O2S/c1-7-5-15(6-8(2)18-7)11-3-9(12(16)17)10(13)4-14-11/h3-4,7-8H,5-6,13H2,1-2H3,(H,16,17). The van der Waals surface area contributed by atoms with Crippen LogP contribution in [0.25, 0.3) is 0 Å². The molecule has 1 aromatic heterocycles. The molecule has 1 fully saturated rings. The average molecular weight is 267 g/mol. The van der Waals surface area contributed by atoms with Crippen LogP contribution in [0.3, 0.4) is 0 Å². The van der Waals surface area contributed by atoms with Crippen LogP contribution in [0.2, 0.25) is 0 Å². The molecule has 2 atom stereocenters. The average Bonchev–Trinajstić information content (AvgIpc) is 2.27. The lowest BCUT2D eigenvalue weighted by atomic mass is 10.2. The number of pyridine rings is 1. The van der Waals surface area contributed by atoms with Crippen molar-refractivity contribution < 1.29 is 9.90 Å². The summed E-state index contributed by atoms with van der Waals surface area (Å²) in [6, 6.07) is 1.56. The second-order valence-electron chi connectivity index (χ2n) is 4.60. The lowest BCUT2D eigenvalue weighted by Gasteiger charge is -2.35. The van der Waals surface area contributed by atoms with Crippen molar-refractivity contribution in [1.82, 2.24) is 4.98 Å². The van der Waals surface area contributed by atoms with E-state index in [0.29, 0.717) is 16.3 Å². The Morgan fingerprint density at radius 3 is 2.67 bits per heavy atom. The number of hydrogen-bond acceptors (Lipinski definition) is 5. The highest BCUT2D eigenvalue weighted by Crippen LogP contribution is 2.28. The Morgan fingerprint density at radius 2 is 2.11 bits per heavy atom. The first kappa shape index (κ1) is 13.0. The van der Waals surface area contributed by atoms with Gasteiger partial charge in [-0.2, -0.15) is 11.8 Å². The number of rotatable bonds is 2. The van der Waals surface area contributed by atoms with Gasteiger partial charge in [0, 0.05) is 23.6 Å². The molecule has 98 valence electrons. The molecule has 0 radical (unpaired) electrons. The number of aromatic carboxylic acids is 1. The van der Waals surface area contributed by atoms with Crippen molar-refractivity contribution in [3.8, 4) is 0 Å². The SMILES string of the molecule is CC1CN(c2cc(C(=O)O)c(N)cn2)CC(C)S1. The Kier molecular flexibility index (Phi) is 3.65. The molecule has 0 saturated carbocycles. The van der Waals surface area contributed by atoms with E-state index in [1.54, 1.807) is 6.07 Å². The number of aromatic nitrogens is 1. The van der Waals surface area contributed by atoms with E-state index in [1.165, 1.54) is 6.20 Å². The van der Waals surface area contributed by atoms with E-state index in [-0.39, 0.29) is 11.3 Å². The summed E-state index contributed by atoms with van der Waals surface area (Å²) in [6.45, 7) is 6.10. The predicted molar refractivity (Wildman–Crippen MR) is 74.3 cm³/mol. The van der Waals surface area contributed by atoms with E-state index in [2.05, 4.69) is 23.7 Å². The van der Waals surface area contributed by atoms with Crippen molar-refractivity contribution in [2.24, 2.45) is 0 Å². The summed E-state index contributed by atoms with van der Waals surface area (Å²) in [6.07, 6.45) is 1.43. The molecule has 0 amide bonds. The molecule has 1 saturated heterocycles. The van der Waals surface area contributed by atoms with Gasteiger partial charge in [-0.05, 0) is 6.07 Å². The molecule has 18 heavy (non-hydrogen) atoms. The molecule has 0 bridgehead atoms. The smallest absolute Gasteiger partial charge is 0.337 e. The molecule has 2 unspecified atom stereocenters. The first-order chi connectivity index (χ1) is 8.47. The molecule has 1 aliphatic rings. The quantitative estimate of drug-likeness (QED) is 0.849. The van der Waals surface area contributed by atoms with Gasteiger partial charge >= 0.3 is 5.97 Å². The molecule has 3 N–H and O–H groups in total. The topological polar surface area (TPSA) is 79.5 Å². The highest BCUT2D eigenvalue weighted by atomic mass is 32.2. The van der Waals surface area contributed by atoms with Gasteiger partial charge in [-0.15, -0.1) is 0 Å². The Balaban J connectivity index is 2.28. The number of thioether (sulfide) groups is 1. The molecular formula is C12H17N3O2S. The van der Waals surface area contributed by atoms with Crippen molar-refractivity contribution >= 4 is 29.2 Å². The zero-order chi connectivity index (χ0) is 13.3. The summed E-state index contributed by atoms with van der Waals surface area (Å²) < 4.78 is 0. The van der Waals surface area contributed by atoms with Gasteiger partial charge in [0.2, 0.25) is 0 Å². The Labute approximate surface area is 110 Å². The van der Waals surface area contributed by atoms with E-state index >= 15 is 0 Å². The van der Waals surface area contributed by atoms with E-state index in [0.717, 1.165) is 13.1 Å². The summed E-state index contributed by atoms with van der Waals surface area (Å²) in [5.41, 5.74) is 5.94. The maximum Gasteiger partial charge on any atom is 0.337 e. The summed E-state index contributed by atoms with van der Waals surface area (Å²) in [7, 11) is 0. The number of nitrogen functional groups attached to an aromatic ring is 1. The van der Waals surface area contributed by atoms with Crippen LogP contribution in [0.15, 0.2) is 12.3 Å². The minimum Gasteiger partial charge on any atom is -0.478 e. The number of nitrogens with two attached hydrogens (primary N) is 1. The number of hydrogen-bond donors (Lipinski definition) is 2. The largest absolute Gasteiger partial charge is 0.478 e. The highest BCUT2D eigenvalue weighted by molar-refractivity contribution is 8.00. The zero-order valence-electron chi connectivity index (χ0n) is 10.5. The second kappa shape index (κ2) is 5.06. The van der Waals surface area contributed by atoms with E-state index in [9.17, 15) is 4.79 Å². The van der Waals surface area contributed by atoms with Crippen molar-refractivity contribution in [2.45, 2.75) is 24.3 Å². The minimum atomic E-state index is -1.01. The molecule has 5 nitrogen and oxygen atoms in total. The Morgan fingerprint density at radius 1 is 1.50 bits per heavy atom. The van der Waals surface area contributed by atoms with Crippen LogP contribution in [0.1, 0.15) is 24.2 Å². The van der Waals surface area contributed by atoms with Crippen LogP contribution in [0.5, 0.6) is 0 Å². The van der Waals surface area contributed by atoms with Crippen LogP contribution in [-0.2, 0) is 0 Å². The molecule has 1 aromatic rings. The van der Waals surface area contributed by atoms with Crippen molar-refractivity contribution in [2.75, 3.05) is 23.7 Å². The monoisotopic (exact) mass is 267 g/mol. The summed E-state index contributed by atoms with van der Waals surface area (Å²) in [5, 5.41) is 10.1. The van der Waals surface area contributed by atoms with Gasteiger partial charge in [-0.25, -0.2) is 9.78 Å². The normalized spacial score (nSPS) is 24.0. The van der Waals surface area contributed by atoms with Crippen LogP contribution in [0.4, 0.5) is 11.5 Å². The van der Waals surface area contributed by atoms with Crippen LogP contribution < -0.4 is 10.6 Å². The summed E-state index contributed by atoms with van der Waals surface area (Å²) in [5.74, 6) is -0.316. The molecule has 2 heterocycles. The highest BCUT2D eigenvalue weighted by Gasteiger charge is 2.24. The van der Waals surface area contributed by atoms with Crippen molar-refractivity contribution in [3.05, 3.63) is 17.8 Å². The maximum atomic E-state index is 11.1. The van der Waals surface area contributed by atoms with Gasteiger partial charge in [-0.1, -0.05) is 13.8 Å². The number of anilines is 2. The van der Waals surface area contributed by atoms with Crippen LogP contribution in [0, 0.1) is 0 Å². The first-order valence-electron chi connectivity index (χ1n) is 5.86. The number of carboxylic acid groups (broad SMARTS) is 1. The summed E-state index contributed by atoms with van der Waals surface area (Å²) in [4.78, 5) is 17.4. The molecule has 0 aromatic carbocycles. The third-order valence-corrected chi connectivity index (χ3v) is 4.12. The summed E-state index contributed by atoms with van der Waals surface area (Å²) >= 11 is 1.94. The minimum absolute atomic E-state index is 0.124. The van der Waals surface area contributed by atoms with Crippen LogP contribution >= 0.6 is 11.8 Å². The van der Waals surface area contributed by atoms with Crippen molar-refractivity contribution in [3.63, 3.8) is 0 Å². The second-order valence-corrected chi connectivity index (χ2v) is 6.48. The van der Waals surface area contributed by atoms with Gasteiger partial charge in [0.25, 0.3) is 0 Å². The third-order valence-electron chi connectivity index (χ3n) is 2.89. The predicted octanol–water partition coefficient (Wildman–Crippen LogP) is 1.69.